The lowest BCUT2D eigenvalue weighted by Crippen LogP contribution is -2.13. The Morgan fingerprint density at radius 2 is 2.05 bits per heavy atom. The molecule has 0 radical (unpaired) electrons. The molecule has 2 aromatic rings. The fourth-order valence-electron chi connectivity index (χ4n) is 1.40. The summed E-state index contributed by atoms with van der Waals surface area (Å²) in [5.74, 6) is 1.51. The molecule has 2 aromatic heterocycles. The summed E-state index contributed by atoms with van der Waals surface area (Å²) in [5, 5.41) is 6.88. The zero-order valence-electron chi connectivity index (χ0n) is 11.4. The fraction of sp³-hybridized carbons (Fsp3) is 0.545. The van der Waals surface area contributed by atoms with E-state index >= 15 is 0 Å². The Kier molecular flexibility index (Phi) is 4.67. The Bertz CT molecular complexity index is 574. The molecule has 9 heteroatoms. The highest BCUT2D eigenvalue weighted by Crippen LogP contribution is 2.12. The third kappa shape index (κ3) is 4.30. The van der Waals surface area contributed by atoms with Crippen LogP contribution in [0.15, 0.2) is 4.52 Å². The van der Waals surface area contributed by atoms with Gasteiger partial charge in [0, 0.05) is 19.9 Å². The topological polar surface area (TPSA) is 98.9 Å². The van der Waals surface area contributed by atoms with Gasteiger partial charge in [-0.3, -0.25) is 0 Å². The highest BCUT2D eigenvalue weighted by molar-refractivity contribution is 6.28. The van der Waals surface area contributed by atoms with Crippen LogP contribution in [0.5, 0.6) is 6.01 Å². The molecule has 0 amide bonds. The van der Waals surface area contributed by atoms with Gasteiger partial charge in [0.05, 0.1) is 6.10 Å². The van der Waals surface area contributed by atoms with Crippen LogP contribution in [-0.2, 0) is 6.42 Å². The molecule has 0 aliphatic rings. The maximum absolute atomic E-state index is 5.81. The van der Waals surface area contributed by atoms with Gasteiger partial charge in [-0.05, 0) is 25.4 Å². The van der Waals surface area contributed by atoms with Crippen LogP contribution < -0.4 is 10.1 Å². The van der Waals surface area contributed by atoms with Gasteiger partial charge in [0.15, 0.2) is 5.82 Å². The molecule has 0 bridgehead atoms. The summed E-state index contributed by atoms with van der Waals surface area (Å²) in [5.41, 5.74) is 0. The van der Waals surface area contributed by atoms with Gasteiger partial charge < -0.3 is 14.6 Å². The van der Waals surface area contributed by atoms with Crippen LogP contribution in [0.25, 0.3) is 0 Å². The van der Waals surface area contributed by atoms with Crippen molar-refractivity contribution in [1.29, 1.82) is 0 Å². The van der Waals surface area contributed by atoms with Crippen molar-refractivity contribution in [2.24, 2.45) is 0 Å². The van der Waals surface area contributed by atoms with Crippen molar-refractivity contribution >= 4 is 17.5 Å². The number of ether oxygens (including phenoxy) is 1. The zero-order chi connectivity index (χ0) is 14.5. The van der Waals surface area contributed by atoms with Crippen LogP contribution in [0.3, 0.4) is 0 Å². The number of nitrogens with one attached hydrogen (secondary N) is 1. The summed E-state index contributed by atoms with van der Waals surface area (Å²) >= 11 is 5.81. The van der Waals surface area contributed by atoms with E-state index in [1.165, 1.54) is 0 Å². The smallest absolute Gasteiger partial charge is 0.322 e. The van der Waals surface area contributed by atoms with Gasteiger partial charge in [-0.1, -0.05) is 5.16 Å². The molecule has 2 heterocycles. The maximum atomic E-state index is 5.81. The maximum Gasteiger partial charge on any atom is 0.322 e. The molecular formula is C11H15ClN6O2. The Morgan fingerprint density at radius 1 is 1.25 bits per heavy atom. The second-order valence-corrected chi connectivity index (χ2v) is 4.62. The van der Waals surface area contributed by atoms with E-state index in [4.69, 9.17) is 20.9 Å². The van der Waals surface area contributed by atoms with Crippen LogP contribution in [0.4, 0.5) is 5.95 Å². The molecule has 2 rings (SSSR count). The largest absolute Gasteiger partial charge is 0.461 e. The van der Waals surface area contributed by atoms with Crippen LogP contribution in [-0.4, -0.2) is 37.7 Å². The molecule has 0 aliphatic heterocycles. The summed E-state index contributed by atoms with van der Waals surface area (Å²) in [7, 11) is 0. The highest BCUT2D eigenvalue weighted by atomic mass is 35.5. The average Bonchev–Trinajstić information content (AvgIpc) is 2.73. The van der Waals surface area contributed by atoms with Crippen molar-refractivity contribution in [3.05, 3.63) is 17.0 Å². The van der Waals surface area contributed by atoms with Crippen molar-refractivity contribution in [3.8, 4) is 6.01 Å². The predicted molar refractivity (Wildman–Crippen MR) is 71.8 cm³/mol. The first-order chi connectivity index (χ1) is 9.52. The normalized spacial score (nSPS) is 10.8. The van der Waals surface area contributed by atoms with Crippen molar-refractivity contribution in [2.45, 2.75) is 33.3 Å². The molecule has 108 valence electrons. The standard InChI is InChI=1S/C11H15ClN6O2/c1-6(2)19-11-16-9(12)15-10(17-11)13-5-4-8-14-7(3)20-18-8/h6H,4-5H2,1-3H3,(H,13,15,16,17). The van der Waals surface area contributed by atoms with Gasteiger partial charge in [-0.25, -0.2) is 0 Å². The first-order valence-corrected chi connectivity index (χ1v) is 6.52. The summed E-state index contributed by atoms with van der Waals surface area (Å²) < 4.78 is 10.3. The Hall–Kier alpha value is -1.96. The molecule has 0 aromatic carbocycles. The summed E-state index contributed by atoms with van der Waals surface area (Å²) in [6, 6.07) is 0.193. The molecule has 0 saturated carbocycles. The lowest BCUT2D eigenvalue weighted by molar-refractivity contribution is 0.222. The van der Waals surface area contributed by atoms with Gasteiger partial charge in [-0.15, -0.1) is 0 Å². The second kappa shape index (κ2) is 6.47. The summed E-state index contributed by atoms with van der Waals surface area (Å²) in [6.45, 7) is 6.04. The third-order valence-corrected chi connectivity index (χ3v) is 2.30. The Morgan fingerprint density at radius 3 is 2.70 bits per heavy atom. The number of rotatable bonds is 6. The van der Waals surface area contributed by atoms with Gasteiger partial charge >= 0.3 is 6.01 Å². The second-order valence-electron chi connectivity index (χ2n) is 4.28. The monoisotopic (exact) mass is 298 g/mol. The minimum atomic E-state index is -0.0383. The van der Waals surface area contributed by atoms with Crippen molar-refractivity contribution in [3.63, 3.8) is 0 Å². The lowest BCUT2D eigenvalue weighted by atomic mass is 10.4. The minimum absolute atomic E-state index is 0.0383. The van der Waals surface area contributed by atoms with E-state index in [0.717, 1.165) is 0 Å². The Balaban J connectivity index is 1.93. The molecule has 0 unspecified atom stereocenters. The van der Waals surface area contributed by atoms with Gasteiger partial charge in [-0.2, -0.15) is 19.9 Å². The van der Waals surface area contributed by atoms with E-state index < -0.39 is 0 Å². The molecule has 0 spiro atoms. The van der Waals surface area contributed by atoms with Crippen LogP contribution in [0.2, 0.25) is 5.28 Å². The van der Waals surface area contributed by atoms with Crippen LogP contribution >= 0.6 is 11.6 Å². The quantitative estimate of drug-likeness (QED) is 0.859. The number of aromatic nitrogens is 5. The molecule has 1 N–H and O–H groups in total. The van der Waals surface area contributed by atoms with E-state index in [2.05, 4.69) is 30.4 Å². The van der Waals surface area contributed by atoms with E-state index in [0.29, 0.717) is 30.6 Å². The number of anilines is 1. The summed E-state index contributed by atoms with van der Waals surface area (Å²) in [4.78, 5) is 16.1. The van der Waals surface area contributed by atoms with Crippen LogP contribution in [0, 0.1) is 6.92 Å². The molecule has 0 aliphatic carbocycles. The Labute approximate surface area is 120 Å². The van der Waals surface area contributed by atoms with E-state index in [1.54, 1.807) is 6.92 Å². The number of hydrogen-bond acceptors (Lipinski definition) is 8. The number of hydrogen-bond donors (Lipinski definition) is 1. The van der Waals surface area contributed by atoms with Gasteiger partial charge in [0.1, 0.15) is 0 Å². The van der Waals surface area contributed by atoms with E-state index in [9.17, 15) is 0 Å². The number of aryl methyl sites for hydroxylation is 1. The van der Waals surface area contributed by atoms with E-state index in [-0.39, 0.29) is 17.4 Å². The molecule has 20 heavy (non-hydrogen) atoms. The number of halogens is 1. The SMILES string of the molecule is Cc1nc(CCNc2nc(Cl)nc(OC(C)C)n2)no1. The van der Waals surface area contributed by atoms with E-state index in [1.807, 2.05) is 13.8 Å². The number of nitrogens with zero attached hydrogens (tertiary/aromatic N) is 5. The molecule has 0 saturated heterocycles. The third-order valence-electron chi connectivity index (χ3n) is 2.13. The van der Waals surface area contributed by atoms with Crippen molar-refractivity contribution in [1.82, 2.24) is 25.1 Å². The fourth-order valence-corrected chi connectivity index (χ4v) is 1.56. The first-order valence-electron chi connectivity index (χ1n) is 6.14. The van der Waals surface area contributed by atoms with Crippen molar-refractivity contribution in [2.75, 3.05) is 11.9 Å². The molecular weight excluding hydrogens is 284 g/mol. The van der Waals surface area contributed by atoms with Crippen LogP contribution in [0.1, 0.15) is 25.6 Å². The first kappa shape index (κ1) is 14.4. The average molecular weight is 299 g/mol. The minimum Gasteiger partial charge on any atom is -0.461 e. The van der Waals surface area contributed by atoms with Crippen molar-refractivity contribution < 1.29 is 9.26 Å². The zero-order valence-corrected chi connectivity index (χ0v) is 12.2. The molecule has 0 fully saturated rings. The molecule has 8 nitrogen and oxygen atoms in total. The molecule has 0 atom stereocenters. The lowest BCUT2D eigenvalue weighted by Gasteiger charge is -2.09. The van der Waals surface area contributed by atoms with Gasteiger partial charge in [0.25, 0.3) is 0 Å². The summed E-state index contributed by atoms with van der Waals surface area (Å²) in [6.07, 6.45) is 0.546. The van der Waals surface area contributed by atoms with Gasteiger partial charge in [0.2, 0.25) is 17.1 Å². The highest BCUT2D eigenvalue weighted by Gasteiger charge is 2.08. The predicted octanol–water partition coefficient (Wildman–Crippen LogP) is 1.66.